The van der Waals surface area contributed by atoms with Gasteiger partial charge in [-0.15, -0.1) is 0 Å². The van der Waals surface area contributed by atoms with Crippen molar-refractivity contribution in [3.05, 3.63) is 12.2 Å². The van der Waals surface area contributed by atoms with Crippen LogP contribution in [-0.4, -0.2) is 48.3 Å². The Kier molecular flexibility index (Phi) is 28.3. The molecule has 0 aromatic rings. The van der Waals surface area contributed by atoms with Crippen molar-refractivity contribution in [2.75, 3.05) is 26.2 Å². The summed E-state index contributed by atoms with van der Waals surface area (Å²) in [6.45, 7) is 5.35. The molecule has 0 atom stereocenters. The molecule has 30 heavy (non-hydrogen) atoms. The average Bonchev–Trinajstić information content (AvgIpc) is 2.70. The summed E-state index contributed by atoms with van der Waals surface area (Å²) in [6, 6.07) is 0. The Balaban J connectivity index is 0. The number of aliphatic hydroxyl groups excluding tert-OH is 1. The summed E-state index contributed by atoms with van der Waals surface area (Å²) in [5, 5.41) is 21.9. The third kappa shape index (κ3) is 34.1. The Morgan fingerprint density at radius 3 is 1.70 bits per heavy atom. The third-order valence-corrected chi connectivity index (χ3v) is 4.63. The van der Waals surface area contributed by atoms with Gasteiger partial charge in [0, 0.05) is 26.6 Å². The number of hydrogen-bond acceptors (Lipinski definition) is 4. The molecule has 178 valence electrons. The molecule has 4 N–H and O–H groups in total. The van der Waals surface area contributed by atoms with Gasteiger partial charge >= 0.3 is 0 Å². The van der Waals surface area contributed by atoms with E-state index in [1.807, 2.05) is 6.08 Å². The molecule has 0 heterocycles. The number of carbonyl (C=O) groups is 2. The zero-order chi connectivity index (χ0) is 22.7. The predicted molar refractivity (Wildman–Crippen MR) is 126 cm³/mol. The maximum atomic E-state index is 11.5. The number of unbranched alkanes of at least 4 members (excludes halogenated alkanes) is 13. The standard InChI is InChI=1S/C22H44N2O2.C2H4O2/c1-2-3-4-5-6-7-8-9-10-11-12-13-14-15-16-17-22(26)24-19-18-23-20-21-25;1-2(3)4/h16-17,23,25H,2-15,18-21H2,1H3,(H,24,26);1H3,(H,3,4). The number of carboxylic acid groups (broad SMARTS) is 1. The van der Waals surface area contributed by atoms with Gasteiger partial charge in [-0.1, -0.05) is 90.0 Å². The normalized spacial score (nSPS) is 10.6. The summed E-state index contributed by atoms with van der Waals surface area (Å²) >= 11 is 0. The van der Waals surface area contributed by atoms with Gasteiger partial charge in [-0.05, 0) is 18.9 Å². The fourth-order valence-electron chi connectivity index (χ4n) is 3.01. The van der Waals surface area contributed by atoms with Crippen LogP contribution in [0.5, 0.6) is 0 Å². The molecule has 0 radical (unpaired) electrons. The first-order valence-electron chi connectivity index (χ1n) is 12.0. The highest BCUT2D eigenvalue weighted by atomic mass is 16.4. The maximum Gasteiger partial charge on any atom is 0.300 e. The van der Waals surface area contributed by atoms with E-state index in [1.165, 1.54) is 83.5 Å². The van der Waals surface area contributed by atoms with Gasteiger partial charge in [0.05, 0.1) is 6.61 Å². The molecule has 0 aromatic carbocycles. The van der Waals surface area contributed by atoms with E-state index in [0.29, 0.717) is 19.6 Å². The van der Waals surface area contributed by atoms with Crippen LogP contribution in [0.1, 0.15) is 104 Å². The Bertz CT molecular complexity index is 397. The average molecular weight is 429 g/mol. The largest absolute Gasteiger partial charge is 0.481 e. The molecule has 0 aliphatic heterocycles. The lowest BCUT2D eigenvalue weighted by atomic mass is 10.0. The van der Waals surface area contributed by atoms with E-state index in [9.17, 15) is 4.79 Å². The number of aliphatic carboxylic acids is 1. The van der Waals surface area contributed by atoms with E-state index < -0.39 is 5.97 Å². The van der Waals surface area contributed by atoms with Crippen LogP contribution in [0.2, 0.25) is 0 Å². The van der Waals surface area contributed by atoms with Gasteiger partial charge in [-0.3, -0.25) is 9.59 Å². The molecule has 0 unspecified atom stereocenters. The summed E-state index contributed by atoms with van der Waals surface area (Å²) in [5.41, 5.74) is 0. The van der Waals surface area contributed by atoms with E-state index >= 15 is 0 Å². The minimum atomic E-state index is -0.833. The van der Waals surface area contributed by atoms with Crippen molar-refractivity contribution in [2.24, 2.45) is 0 Å². The maximum absolute atomic E-state index is 11.5. The monoisotopic (exact) mass is 428 g/mol. The number of hydrogen-bond donors (Lipinski definition) is 4. The molecule has 0 rings (SSSR count). The molecule has 0 bridgehead atoms. The second-order valence-corrected chi connectivity index (χ2v) is 7.72. The summed E-state index contributed by atoms with van der Waals surface area (Å²) in [6.07, 6.45) is 22.4. The molecule has 6 heteroatoms. The predicted octanol–water partition coefficient (Wildman–Crippen LogP) is 4.81. The topological polar surface area (TPSA) is 98.7 Å². The van der Waals surface area contributed by atoms with E-state index in [1.54, 1.807) is 6.08 Å². The van der Waals surface area contributed by atoms with Crippen molar-refractivity contribution < 1.29 is 19.8 Å². The first-order chi connectivity index (χ1) is 14.5. The minimum Gasteiger partial charge on any atom is -0.481 e. The lowest BCUT2D eigenvalue weighted by Gasteiger charge is -2.03. The van der Waals surface area contributed by atoms with Crippen molar-refractivity contribution in [3.63, 3.8) is 0 Å². The zero-order valence-electron chi connectivity index (χ0n) is 19.6. The molecule has 0 spiro atoms. The number of carbonyl (C=O) groups excluding carboxylic acids is 1. The van der Waals surface area contributed by atoms with Gasteiger partial charge in [-0.2, -0.15) is 0 Å². The Morgan fingerprint density at radius 2 is 1.23 bits per heavy atom. The fraction of sp³-hybridized carbons (Fsp3) is 0.833. The van der Waals surface area contributed by atoms with Crippen LogP contribution in [-0.2, 0) is 9.59 Å². The third-order valence-electron chi connectivity index (χ3n) is 4.63. The van der Waals surface area contributed by atoms with Crippen LogP contribution in [0.15, 0.2) is 12.2 Å². The van der Waals surface area contributed by atoms with Crippen LogP contribution >= 0.6 is 0 Å². The van der Waals surface area contributed by atoms with Gasteiger partial charge in [0.1, 0.15) is 0 Å². The van der Waals surface area contributed by atoms with E-state index in [-0.39, 0.29) is 12.5 Å². The molecule has 6 nitrogen and oxygen atoms in total. The number of nitrogens with one attached hydrogen (secondary N) is 2. The van der Waals surface area contributed by atoms with Crippen molar-refractivity contribution in [2.45, 2.75) is 104 Å². The number of aliphatic hydroxyl groups is 1. The lowest BCUT2D eigenvalue weighted by Crippen LogP contribution is -2.31. The highest BCUT2D eigenvalue weighted by Gasteiger charge is 1.95. The quantitative estimate of drug-likeness (QED) is 0.165. The van der Waals surface area contributed by atoms with Crippen molar-refractivity contribution >= 4 is 11.9 Å². The number of carboxylic acids is 1. The second kappa shape index (κ2) is 27.6. The molecule has 0 aromatic heterocycles. The highest BCUT2D eigenvalue weighted by Crippen LogP contribution is 2.12. The van der Waals surface area contributed by atoms with Crippen molar-refractivity contribution in [1.82, 2.24) is 10.6 Å². The fourth-order valence-corrected chi connectivity index (χ4v) is 3.01. The summed E-state index contributed by atoms with van der Waals surface area (Å²) in [7, 11) is 0. The minimum absolute atomic E-state index is 0.0227. The first kappa shape index (κ1) is 30.8. The first-order valence-corrected chi connectivity index (χ1v) is 12.0. The van der Waals surface area contributed by atoms with Gasteiger partial charge < -0.3 is 20.8 Å². The van der Waals surface area contributed by atoms with Crippen LogP contribution in [0.25, 0.3) is 0 Å². The molecular weight excluding hydrogens is 380 g/mol. The number of allylic oxidation sites excluding steroid dienone is 1. The molecule has 0 saturated carbocycles. The Labute approximate surface area is 184 Å². The van der Waals surface area contributed by atoms with Gasteiger partial charge in [0.2, 0.25) is 5.91 Å². The summed E-state index contributed by atoms with van der Waals surface area (Å²) < 4.78 is 0. The molecule has 0 saturated heterocycles. The van der Waals surface area contributed by atoms with E-state index in [2.05, 4.69) is 17.6 Å². The van der Waals surface area contributed by atoms with Crippen LogP contribution in [0.3, 0.4) is 0 Å². The van der Waals surface area contributed by atoms with Crippen molar-refractivity contribution in [1.29, 1.82) is 0 Å². The second-order valence-electron chi connectivity index (χ2n) is 7.72. The van der Waals surface area contributed by atoms with Crippen molar-refractivity contribution in [3.8, 4) is 0 Å². The van der Waals surface area contributed by atoms with Crippen LogP contribution in [0, 0.1) is 0 Å². The zero-order valence-corrected chi connectivity index (χ0v) is 19.6. The number of amides is 1. The summed E-state index contributed by atoms with van der Waals surface area (Å²) in [5.74, 6) is -0.856. The SMILES string of the molecule is CC(=O)O.CCCCCCCCCCCCCCCC=CC(=O)NCCNCCO. The molecule has 0 aliphatic carbocycles. The summed E-state index contributed by atoms with van der Waals surface area (Å²) in [4.78, 5) is 20.5. The molecule has 0 aliphatic rings. The van der Waals surface area contributed by atoms with Crippen LogP contribution in [0.4, 0.5) is 0 Å². The molecule has 0 fully saturated rings. The van der Waals surface area contributed by atoms with Gasteiger partial charge in [0.15, 0.2) is 0 Å². The lowest BCUT2D eigenvalue weighted by molar-refractivity contribution is -0.134. The van der Waals surface area contributed by atoms with Gasteiger partial charge in [0.25, 0.3) is 5.97 Å². The Hall–Kier alpha value is -1.40. The molecular formula is C24H48N2O4. The molecule has 1 amide bonds. The number of rotatable bonds is 20. The van der Waals surface area contributed by atoms with Crippen LogP contribution < -0.4 is 10.6 Å². The smallest absolute Gasteiger partial charge is 0.300 e. The van der Waals surface area contributed by atoms with E-state index in [0.717, 1.165) is 13.3 Å². The van der Waals surface area contributed by atoms with E-state index in [4.69, 9.17) is 15.0 Å². The Morgan fingerprint density at radius 1 is 0.767 bits per heavy atom. The highest BCUT2D eigenvalue weighted by molar-refractivity contribution is 5.87. The van der Waals surface area contributed by atoms with Gasteiger partial charge in [-0.25, -0.2) is 0 Å².